The quantitative estimate of drug-likeness (QED) is 0.149. The number of rotatable bonds is 8. The van der Waals surface area contributed by atoms with Crippen LogP contribution in [0.1, 0.15) is 22.3 Å². The van der Waals surface area contributed by atoms with Gasteiger partial charge >= 0.3 is 12.4 Å². The molecular formula is C41H26F6N4. The molecule has 0 amide bonds. The second-order valence-corrected chi connectivity index (χ2v) is 11.5. The summed E-state index contributed by atoms with van der Waals surface area (Å²) in [6.07, 6.45) is -9.11. The second kappa shape index (κ2) is 13.8. The van der Waals surface area contributed by atoms with Crippen molar-refractivity contribution < 1.29 is 26.3 Å². The summed E-state index contributed by atoms with van der Waals surface area (Å²) in [5, 5.41) is 20.9. The predicted octanol–water partition coefficient (Wildman–Crippen LogP) is 12.0. The van der Waals surface area contributed by atoms with Crippen molar-refractivity contribution >= 4 is 34.1 Å². The first kappa shape index (κ1) is 34.3. The smallest absolute Gasteiger partial charge is 0.310 e. The monoisotopic (exact) mass is 688 g/mol. The summed E-state index contributed by atoms with van der Waals surface area (Å²) in [5.41, 5.74) is -0.0961. The van der Waals surface area contributed by atoms with Gasteiger partial charge in [0.25, 0.3) is 0 Å². The van der Waals surface area contributed by atoms with E-state index in [1.165, 1.54) is 12.1 Å². The predicted molar refractivity (Wildman–Crippen MR) is 184 cm³/mol. The highest BCUT2D eigenvalue weighted by molar-refractivity contribution is 5.79. The van der Waals surface area contributed by atoms with E-state index in [1.807, 2.05) is 0 Å². The minimum atomic E-state index is -4.55. The van der Waals surface area contributed by atoms with Gasteiger partial charge in [0.15, 0.2) is 5.41 Å². The Hall–Kier alpha value is -6.52. The lowest BCUT2D eigenvalue weighted by Gasteiger charge is -2.28. The van der Waals surface area contributed by atoms with Gasteiger partial charge in [-0.25, -0.2) is 0 Å². The topological polar surface area (TPSA) is 54.1 Å². The minimum Gasteiger partial charge on any atom is -0.310 e. The van der Waals surface area contributed by atoms with Crippen LogP contribution in [0.25, 0.3) is 0 Å². The van der Waals surface area contributed by atoms with Crippen molar-refractivity contribution in [3.05, 3.63) is 180 Å². The summed E-state index contributed by atoms with van der Waals surface area (Å²) >= 11 is 0. The first-order chi connectivity index (χ1) is 24.4. The zero-order valence-corrected chi connectivity index (χ0v) is 26.6. The lowest BCUT2D eigenvalue weighted by Crippen LogP contribution is -2.24. The average Bonchev–Trinajstić information content (AvgIpc) is 3.14. The van der Waals surface area contributed by atoms with Crippen molar-refractivity contribution in [2.24, 2.45) is 0 Å². The van der Waals surface area contributed by atoms with Gasteiger partial charge in [-0.1, -0.05) is 72.8 Å². The van der Waals surface area contributed by atoms with E-state index in [2.05, 4.69) is 12.1 Å². The van der Waals surface area contributed by atoms with Gasteiger partial charge in [0.2, 0.25) is 0 Å². The molecule has 0 unspecified atom stereocenters. The fourth-order valence-corrected chi connectivity index (χ4v) is 5.86. The largest absolute Gasteiger partial charge is 0.416 e. The first-order valence-electron chi connectivity index (χ1n) is 15.5. The van der Waals surface area contributed by atoms with Crippen molar-refractivity contribution in [1.82, 2.24) is 0 Å². The molecule has 0 bridgehead atoms. The van der Waals surface area contributed by atoms with E-state index in [0.717, 1.165) is 24.3 Å². The first-order valence-corrected chi connectivity index (χ1v) is 15.5. The van der Waals surface area contributed by atoms with E-state index >= 15 is 0 Å². The molecule has 0 saturated carbocycles. The molecule has 0 heterocycles. The Morgan fingerprint density at radius 3 is 0.980 bits per heavy atom. The van der Waals surface area contributed by atoms with E-state index in [-0.39, 0.29) is 11.4 Å². The van der Waals surface area contributed by atoms with Gasteiger partial charge in [-0.3, -0.25) is 0 Å². The summed E-state index contributed by atoms with van der Waals surface area (Å²) < 4.78 is 81.8. The lowest BCUT2D eigenvalue weighted by molar-refractivity contribution is -0.138. The molecule has 0 spiro atoms. The Morgan fingerprint density at radius 2 is 0.667 bits per heavy atom. The van der Waals surface area contributed by atoms with Crippen LogP contribution in [0.3, 0.4) is 0 Å². The highest BCUT2D eigenvalue weighted by Crippen LogP contribution is 2.42. The molecule has 0 aliphatic carbocycles. The normalized spacial score (nSPS) is 11.7. The fraction of sp³-hybridized carbons (Fsp3) is 0.0732. The maximum Gasteiger partial charge on any atom is 0.416 e. The van der Waals surface area contributed by atoms with Crippen molar-refractivity contribution in [2.45, 2.75) is 17.8 Å². The van der Waals surface area contributed by atoms with Gasteiger partial charge in [0, 0.05) is 34.1 Å². The maximum absolute atomic E-state index is 13.6. The molecule has 0 fully saturated rings. The van der Waals surface area contributed by atoms with Crippen LogP contribution in [0.15, 0.2) is 158 Å². The van der Waals surface area contributed by atoms with Crippen LogP contribution >= 0.6 is 0 Å². The average molecular weight is 689 g/mol. The van der Waals surface area contributed by atoms with E-state index < -0.39 is 28.9 Å². The van der Waals surface area contributed by atoms with Gasteiger partial charge in [0.1, 0.15) is 0 Å². The molecule has 0 aliphatic heterocycles. The molecule has 252 valence electrons. The molecule has 6 rings (SSSR count). The maximum atomic E-state index is 13.6. The third-order valence-corrected chi connectivity index (χ3v) is 8.34. The molecule has 51 heavy (non-hydrogen) atoms. The standard InChI is InChI=1S/C41H26F6N4/c42-40(43,44)31-9-7-15-37(25-31)50(33-11-3-1-4-12-33)35-21-17-29(18-22-35)39(27-48,28-49)30-19-23-36(24-20-30)51(34-13-5-2-6-14-34)38-16-8-10-32(26-38)41(45,46)47/h1-26H. The van der Waals surface area contributed by atoms with Crippen LogP contribution in [0.5, 0.6) is 0 Å². The van der Waals surface area contributed by atoms with Crippen molar-refractivity contribution in [3.63, 3.8) is 0 Å². The number of halogens is 6. The fourth-order valence-electron chi connectivity index (χ4n) is 5.86. The van der Waals surface area contributed by atoms with Crippen molar-refractivity contribution in [2.75, 3.05) is 9.80 Å². The zero-order chi connectivity index (χ0) is 36.2. The summed E-state index contributed by atoms with van der Waals surface area (Å²) in [6.45, 7) is 0. The van der Waals surface area contributed by atoms with Gasteiger partial charge in [-0.2, -0.15) is 36.9 Å². The minimum absolute atomic E-state index is 0.259. The number of hydrogen-bond donors (Lipinski definition) is 0. The third-order valence-electron chi connectivity index (χ3n) is 8.34. The Labute approximate surface area is 290 Å². The molecule has 6 aromatic rings. The molecule has 0 aliphatic rings. The number of nitrogens with zero attached hydrogens (tertiary/aromatic N) is 4. The number of anilines is 6. The number of nitriles is 2. The van der Waals surface area contributed by atoms with Crippen LogP contribution in [-0.4, -0.2) is 0 Å². The number of para-hydroxylation sites is 2. The Bertz CT molecular complexity index is 2040. The number of benzene rings is 6. The zero-order valence-electron chi connectivity index (χ0n) is 26.6. The van der Waals surface area contributed by atoms with Gasteiger partial charge in [-0.15, -0.1) is 0 Å². The van der Waals surface area contributed by atoms with E-state index in [9.17, 15) is 36.9 Å². The van der Waals surface area contributed by atoms with E-state index in [1.54, 1.807) is 131 Å². The third kappa shape index (κ3) is 6.99. The summed E-state index contributed by atoms with van der Waals surface area (Å²) in [7, 11) is 0. The lowest BCUT2D eigenvalue weighted by atomic mass is 9.77. The summed E-state index contributed by atoms with van der Waals surface area (Å²) in [5.74, 6) is 0. The van der Waals surface area contributed by atoms with Crippen LogP contribution in [0, 0.1) is 22.7 Å². The van der Waals surface area contributed by atoms with Crippen LogP contribution in [0.4, 0.5) is 60.5 Å². The van der Waals surface area contributed by atoms with Crippen LogP contribution < -0.4 is 9.80 Å². The highest BCUT2D eigenvalue weighted by Gasteiger charge is 2.36. The molecule has 10 heteroatoms. The Morgan fingerprint density at radius 1 is 0.353 bits per heavy atom. The molecule has 6 aromatic carbocycles. The molecule has 4 nitrogen and oxygen atoms in total. The summed E-state index contributed by atoms with van der Waals surface area (Å²) in [6, 6.07) is 44.6. The molecule has 0 saturated heterocycles. The van der Waals surface area contributed by atoms with Crippen LogP contribution in [0.2, 0.25) is 0 Å². The highest BCUT2D eigenvalue weighted by atomic mass is 19.4. The molecule has 0 N–H and O–H groups in total. The Balaban J connectivity index is 1.38. The van der Waals surface area contributed by atoms with Gasteiger partial charge in [-0.05, 0) is 96.1 Å². The van der Waals surface area contributed by atoms with E-state index in [4.69, 9.17) is 0 Å². The number of hydrogen-bond acceptors (Lipinski definition) is 4. The SMILES string of the molecule is N#CC(C#N)(c1ccc(N(c2ccccc2)c2cccc(C(F)(F)F)c2)cc1)c1ccc(N(c2ccccc2)c2cccc(C(F)(F)F)c2)cc1. The molecule has 0 aromatic heterocycles. The summed E-state index contributed by atoms with van der Waals surface area (Å²) in [4.78, 5) is 3.28. The Kier molecular flexibility index (Phi) is 9.27. The van der Waals surface area contributed by atoms with Gasteiger partial charge < -0.3 is 9.80 Å². The van der Waals surface area contributed by atoms with Crippen molar-refractivity contribution in [1.29, 1.82) is 10.5 Å². The molecule has 0 radical (unpaired) electrons. The molecular weight excluding hydrogens is 662 g/mol. The van der Waals surface area contributed by atoms with E-state index in [0.29, 0.717) is 33.9 Å². The van der Waals surface area contributed by atoms with Crippen molar-refractivity contribution in [3.8, 4) is 12.1 Å². The number of alkyl halides is 6. The second-order valence-electron chi connectivity index (χ2n) is 11.5. The van der Waals surface area contributed by atoms with Crippen LogP contribution in [-0.2, 0) is 17.8 Å². The van der Waals surface area contributed by atoms with Gasteiger partial charge in [0.05, 0.1) is 23.3 Å². The molecule has 0 atom stereocenters.